The highest BCUT2D eigenvalue weighted by molar-refractivity contribution is 5.80. The van der Waals surface area contributed by atoms with Gasteiger partial charge in [-0.15, -0.1) is 0 Å². The van der Waals surface area contributed by atoms with Gasteiger partial charge in [0.1, 0.15) is 0 Å². The molecule has 0 aromatic heterocycles. The maximum Gasteiger partial charge on any atom is 0.222 e. The van der Waals surface area contributed by atoms with E-state index in [0.717, 1.165) is 55.4 Å². The van der Waals surface area contributed by atoms with E-state index in [-0.39, 0.29) is 18.0 Å². The van der Waals surface area contributed by atoms with Crippen LogP contribution in [0.4, 0.5) is 0 Å². The molecule has 0 saturated carbocycles. The maximum absolute atomic E-state index is 12.1. The number of benzene rings is 1. The van der Waals surface area contributed by atoms with E-state index in [0.29, 0.717) is 26.2 Å². The van der Waals surface area contributed by atoms with Gasteiger partial charge >= 0.3 is 0 Å². The van der Waals surface area contributed by atoms with Gasteiger partial charge in [0.25, 0.3) is 0 Å². The maximum atomic E-state index is 12.1. The second-order valence-corrected chi connectivity index (χ2v) is 7.74. The molecule has 1 aliphatic heterocycles. The third kappa shape index (κ3) is 7.33. The first-order chi connectivity index (χ1) is 15.0. The lowest BCUT2D eigenvalue weighted by Gasteiger charge is -2.26. The van der Waals surface area contributed by atoms with Crippen LogP contribution in [-0.4, -0.2) is 55.7 Å². The fraction of sp³-hybridized carbons (Fsp3) is 0.667. The van der Waals surface area contributed by atoms with Gasteiger partial charge in [0.2, 0.25) is 5.91 Å². The van der Waals surface area contributed by atoms with Crippen LogP contribution in [0.3, 0.4) is 0 Å². The fourth-order valence-corrected chi connectivity index (χ4v) is 3.91. The highest BCUT2D eigenvalue weighted by atomic mass is 16.5. The number of hydrogen-bond acceptors (Lipinski definition) is 4. The number of ether oxygens (including phenoxy) is 2. The molecule has 2 N–H and O–H groups in total. The summed E-state index contributed by atoms with van der Waals surface area (Å²) in [4.78, 5) is 18.9. The summed E-state index contributed by atoms with van der Waals surface area (Å²) >= 11 is 0. The zero-order valence-electron chi connectivity index (χ0n) is 19.9. The van der Waals surface area contributed by atoms with Crippen molar-refractivity contribution in [1.82, 2.24) is 15.5 Å². The highest BCUT2D eigenvalue weighted by Gasteiger charge is 2.26. The number of aliphatic imine (C=N–C) groups is 1. The van der Waals surface area contributed by atoms with Crippen LogP contribution in [0.25, 0.3) is 0 Å². The average Bonchev–Trinajstić information content (AvgIpc) is 3.18. The van der Waals surface area contributed by atoms with E-state index in [1.165, 1.54) is 0 Å². The van der Waals surface area contributed by atoms with E-state index in [1.807, 2.05) is 30.9 Å². The van der Waals surface area contributed by atoms with E-state index in [4.69, 9.17) is 14.5 Å². The van der Waals surface area contributed by atoms with E-state index in [2.05, 4.69) is 37.5 Å². The minimum Gasteiger partial charge on any atom is -0.490 e. The van der Waals surface area contributed by atoms with Gasteiger partial charge in [-0.1, -0.05) is 13.0 Å². The molecule has 2 atom stereocenters. The van der Waals surface area contributed by atoms with Crippen LogP contribution in [0.15, 0.2) is 23.2 Å². The zero-order valence-corrected chi connectivity index (χ0v) is 19.9. The van der Waals surface area contributed by atoms with Crippen LogP contribution in [0.5, 0.6) is 11.5 Å². The quantitative estimate of drug-likeness (QED) is 0.387. The van der Waals surface area contributed by atoms with E-state index >= 15 is 0 Å². The molecule has 31 heavy (non-hydrogen) atoms. The van der Waals surface area contributed by atoms with Gasteiger partial charge in [-0.3, -0.25) is 9.79 Å². The molecule has 1 aromatic rings. The van der Waals surface area contributed by atoms with E-state index in [1.54, 1.807) is 0 Å². The van der Waals surface area contributed by atoms with Crippen LogP contribution in [0.2, 0.25) is 0 Å². The molecule has 1 saturated heterocycles. The van der Waals surface area contributed by atoms with Crippen LogP contribution in [0.1, 0.15) is 71.9 Å². The van der Waals surface area contributed by atoms with Crippen molar-refractivity contribution in [2.45, 2.75) is 72.4 Å². The molecule has 174 valence electrons. The Balaban J connectivity index is 2.02. The van der Waals surface area contributed by atoms with Gasteiger partial charge in [0.15, 0.2) is 17.5 Å². The molecule has 2 rings (SSSR count). The molecule has 7 heteroatoms. The fourth-order valence-electron chi connectivity index (χ4n) is 3.91. The largest absolute Gasteiger partial charge is 0.490 e. The molecule has 1 fully saturated rings. The summed E-state index contributed by atoms with van der Waals surface area (Å²) in [5, 5.41) is 6.81. The Morgan fingerprint density at radius 2 is 1.90 bits per heavy atom. The average molecular weight is 433 g/mol. The summed E-state index contributed by atoms with van der Waals surface area (Å²) in [6.45, 7) is 13.8. The van der Waals surface area contributed by atoms with E-state index < -0.39 is 0 Å². The normalized spacial score (nSPS) is 16.2. The number of carbonyl (C=O) groups is 1. The molecule has 2 unspecified atom stereocenters. The monoisotopic (exact) mass is 432 g/mol. The molecule has 0 spiro atoms. The summed E-state index contributed by atoms with van der Waals surface area (Å²) in [5.74, 6) is 2.60. The van der Waals surface area contributed by atoms with Gasteiger partial charge in [0.05, 0.1) is 19.3 Å². The first-order valence-electron chi connectivity index (χ1n) is 11.8. The summed E-state index contributed by atoms with van der Waals surface area (Å²) in [6, 6.07) is 6.38. The molecule has 1 aromatic carbocycles. The predicted octanol–water partition coefficient (Wildman–Crippen LogP) is 3.89. The van der Waals surface area contributed by atoms with Gasteiger partial charge in [-0.05, 0) is 64.7 Å². The lowest BCUT2D eigenvalue weighted by atomic mass is 10.1. The topological polar surface area (TPSA) is 75.2 Å². The van der Waals surface area contributed by atoms with Gasteiger partial charge in [-0.25, -0.2) is 0 Å². The van der Waals surface area contributed by atoms with Gasteiger partial charge in [-0.2, -0.15) is 0 Å². The van der Waals surface area contributed by atoms with E-state index in [9.17, 15) is 4.79 Å². The van der Waals surface area contributed by atoms with Crippen molar-refractivity contribution in [3.8, 4) is 11.5 Å². The summed E-state index contributed by atoms with van der Waals surface area (Å²) < 4.78 is 11.4. The Morgan fingerprint density at radius 1 is 1.16 bits per heavy atom. The van der Waals surface area contributed by atoms with Crippen molar-refractivity contribution >= 4 is 11.9 Å². The summed E-state index contributed by atoms with van der Waals surface area (Å²) in [6.07, 6.45) is 3.51. The standard InChI is InChI=1S/C24H40N4O3/c1-6-20(28-16-10-11-23(28)29)14-15-26-24(25-7-2)27-18(5)19-12-13-21(30-8-3)22(17-19)31-9-4/h12-13,17-18,20H,6-11,14-16H2,1-5H3,(H2,25,26,27). The molecule has 7 nitrogen and oxygen atoms in total. The molecule has 1 amide bonds. The van der Waals surface area contributed by atoms with Crippen LogP contribution >= 0.6 is 0 Å². The van der Waals surface area contributed by atoms with Crippen LogP contribution in [-0.2, 0) is 4.79 Å². The number of nitrogens with one attached hydrogen (secondary N) is 2. The number of likely N-dealkylation sites (tertiary alicyclic amines) is 1. The third-order valence-corrected chi connectivity index (χ3v) is 5.52. The van der Waals surface area contributed by atoms with Crippen molar-refractivity contribution in [3.05, 3.63) is 23.8 Å². The van der Waals surface area contributed by atoms with Crippen molar-refractivity contribution < 1.29 is 14.3 Å². The van der Waals surface area contributed by atoms with Crippen LogP contribution in [0, 0.1) is 0 Å². The Morgan fingerprint density at radius 3 is 2.52 bits per heavy atom. The molecule has 1 heterocycles. The first kappa shape index (κ1) is 24.8. The SMILES string of the molecule is CCNC(=NCCC(CC)N1CCCC1=O)NC(C)c1ccc(OCC)c(OCC)c1. The first-order valence-corrected chi connectivity index (χ1v) is 11.8. The number of hydrogen-bond donors (Lipinski definition) is 2. The Kier molecular flexibility index (Phi) is 10.5. The summed E-state index contributed by atoms with van der Waals surface area (Å²) in [5.41, 5.74) is 1.10. The second-order valence-electron chi connectivity index (χ2n) is 7.74. The van der Waals surface area contributed by atoms with Crippen molar-refractivity contribution in [2.75, 3.05) is 32.8 Å². The number of nitrogens with zero attached hydrogens (tertiary/aromatic N) is 2. The zero-order chi connectivity index (χ0) is 22.6. The molecule has 0 bridgehead atoms. The smallest absolute Gasteiger partial charge is 0.222 e. The molecule has 1 aliphatic rings. The van der Waals surface area contributed by atoms with Gasteiger partial charge in [0, 0.05) is 32.1 Å². The number of rotatable bonds is 12. The third-order valence-electron chi connectivity index (χ3n) is 5.52. The summed E-state index contributed by atoms with van der Waals surface area (Å²) in [7, 11) is 0. The minimum atomic E-state index is 0.0508. The van der Waals surface area contributed by atoms with Crippen LogP contribution < -0.4 is 20.1 Å². The molecule has 0 aliphatic carbocycles. The van der Waals surface area contributed by atoms with Gasteiger partial charge < -0.3 is 25.0 Å². The minimum absolute atomic E-state index is 0.0508. The number of amides is 1. The lowest BCUT2D eigenvalue weighted by Crippen LogP contribution is -2.39. The number of guanidine groups is 1. The Labute approximate surface area is 187 Å². The Bertz CT molecular complexity index is 723. The van der Waals surface area contributed by atoms with Crippen molar-refractivity contribution in [3.63, 3.8) is 0 Å². The molecular weight excluding hydrogens is 392 g/mol. The number of carbonyl (C=O) groups excluding carboxylic acids is 1. The Hall–Kier alpha value is -2.44. The highest BCUT2D eigenvalue weighted by Crippen LogP contribution is 2.30. The molecular formula is C24H40N4O3. The van der Waals surface area contributed by atoms with Crippen molar-refractivity contribution in [1.29, 1.82) is 0 Å². The predicted molar refractivity (Wildman–Crippen MR) is 126 cm³/mol. The van der Waals surface area contributed by atoms with Crippen molar-refractivity contribution in [2.24, 2.45) is 4.99 Å². The second kappa shape index (κ2) is 13.1. The molecule has 0 radical (unpaired) electrons. The lowest BCUT2D eigenvalue weighted by molar-refractivity contribution is -0.129.